The Hall–Kier alpha value is -1.99. The fourth-order valence-corrected chi connectivity index (χ4v) is 3.66. The Kier molecular flexibility index (Phi) is 10.8. The molecule has 1 aromatic rings. The van der Waals surface area contributed by atoms with Crippen molar-refractivity contribution in [2.24, 2.45) is 4.99 Å². The van der Waals surface area contributed by atoms with E-state index in [1.807, 2.05) is 19.1 Å². The van der Waals surface area contributed by atoms with Gasteiger partial charge in [-0.3, -0.25) is 4.99 Å². The molecule has 1 aliphatic rings. The summed E-state index contributed by atoms with van der Waals surface area (Å²) in [5, 5.41) is 6.79. The van der Waals surface area contributed by atoms with Gasteiger partial charge in [0.15, 0.2) is 17.5 Å². The van der Waals surface area contributed by atoms with Crippen molar-refractivity contribution < 1.29 is 14.2 Å². The highest BCUT2D eigenvalue weighted by Crippen LogP contribution is 2.34. The molecule has 7 heteroatoms. The zero-order valence-corrected chi connectivity index (χ0v) is 19.4. The van der Waals surface area contributed by atoms with Crippen molar-refractivity contribution in [2.75, 3.05) is 47.9 Å². The van der Waals surface area contributed by atoms with E-state index in [2.05, 4.69) is 40.7 Å². The van der Waals surface area contributed by atoms with E-state index in [1.54, 1.807) is 14.2 Å². The van der Waals surface area contributed by atoms with Crippen molar-refractivity contribution in [3.05, 3.63) is 23.8 Å². The monoisotopic (exact) mass is 420 g/mol. The van der Waals surface area contributed by atoms with E-state index in [1.165, 1.54) is 12.8 Å². The van der Waals surface area contributed by atoms with E-state index >= 15 is 0 Å². The lowest BCUT2D eigenvalue weighted by Gasteiger charge is -2.22. The second-order valence-corrected chi connectivity index (χ2v) is 7.95. The molecule has 1 atom stereocenters. The lowest BCUT2D eigenvalue weighted by Crippen LogP contribution is -2.42. The molecule has 170 valence electrons. The van der Waals surface area contributed by atoms with Crippen LogP contribution < -0.4 is 20.1 Å². The van der Waals surface area contributed by atoms with Crippen molar-refractivity contribution >= 4 is 5.96 Å². The molecule has 0 amide bonds. The molecular formula is C23H40N4O3. The predicted octanol–water partition coefficient (Wildman–Crippen LogP) is 3.04. The van der Waals surface area contributed by atoms with Crippen LogP contribution in [-0.2, 0) is 11.3 Å². The molecule has 0 saturated heterocycles. The van der Waals surface area contributed by atoms with Gasteiger partial charge in [0.1, 0.15) is 0 Å². The number of benzene rings is 1. The third kappa shape index (κ3) is 8.03. The van der Waals surface area contributed by atoms with Gasteiger partial charge in [0.2, 0.25) is 0 Å². The number of rotatable bonds is 12. The molecule has 2 rings (SSSR count). The SMILES string of the molecule is CCOC(CCN(C)C)CNC(=NC)NCc1cccc(OC)c1OC1CCCC1. The van der Waals surface area contributed by atoms with Crippen LogP contribution in [0.15, 0.2) is 23.2 Å². The van der Waals surface area contributed by atoms with Crippen LogP contribution in [0.5, 0.6) is 11.5 Å². The van der Waals surface area contributed by atoms with Crippen LogP contribution >= 0.6 is 0 Å². The molecule has 1 saturated carbocycles. The molecular weight excluding hydrogens is 380 g/mol. The van der Waals surface area contributed by atoms with Crippen molar-refractivity contribution in [1.29, 1.82) is 0 Å². The number of guanidine groups is 1. The number of ether oxygens (including phenoxy) is 3. The van der Waals surface area contributed by atoms with Crippen LogP contribution in [0.1, 0.15) is 44.6 Å². The van der Waals surface area contributed by atoms with Gasteiger partial charge in [-0.15, -0.1) is 0 Å². The maximum Gasteiger partial charge on any atom is 0.191 e. The van der Waals surface area contributed by atoms with E-state index in [-0.39, 0.29) is 12.2 Å². The quantitative estimate of drug-likeness (QED) is 0.400. The zero-order chi connectivity index (χ0) is 21.8. The van der Waals surface area contributed by atoms with Gasteiger partial charge in [-0.25, -0.2) is 0 Å². The second-order valence-electron chi connectivity index (χ2n) is 7.95. The smallest absolute Gasteiger partial charge is 0.191 e. The molecule has 0 bridgehead atoms. The third-order valence-corrected chi connectivity index (χ3v) is 5.33. The summed E-state index contributed by atoms with van der Waals surface area (Å²) in [6.07, 6.45) is 6.09. The fraction of sp³-hybridized carbons (Fsp3) is 0.696. The number of nitrogens with one attached hydrogen (secondary N) is 2. The summed E-state index contributed by atoms with van der Waals surface area (Å²) in [7, 11) is 7.63. The summed E-state index contributed by atoms with van der Waals surface area (Å²) in [5.41, 5.74) is 1.07. The predicted molar refractivity (Wildman–Crippen MR) is 123 cm³/mol. The maximum absolute atomic E-state index is 6.33. The minimum Gasteiger partial charge on any atom is -0.493 e. The van der Waals surface area contributed by atoms with Gasteiger partial charge in [0, 0.05) is 38.9 Å². The summed E-state index contributed by atoms with van der Waals surface area (Å²) in [6, 6.07) is 6.03. The lowest BCUT2D eigenvalue weighted by atomic mass is 10.1. The molecule has 1 unspecified atom stereocenters. The molecule has 0 aliphatic heterocycles. The Morgan fingerprint density at radius 3 is 2.63 bits per heavy atom. The summed E-state index contributed by atoms with van der Waals surface area (Å²) in [5.74, 6) is 2.37. The number of aliphatic imine (C=N–C) groups is 1. The van der Waals surface area contributed by atoms with E-state index in [0.29, 0.717) is 19.7 Å². The topological polar surface area (TPSA) is 67.4 Å². The minimum absolute atomic E-state index is 0.147. The zero-order valence-electron chi connectivity index (χ0n) is 19.4. The van der Waals surface area contributed by atoms with Gasteiger partial charge in [-0.2, -0.15) is 0 Å². The average Bonchev–Trinajstić information content (AvgIpc) is 3.25. The number of hydrogen-bond donors (Lipinski definition) is 2. The minimum atomic E-state index is 0.147. The summed E-state index contributed by atoms with van der Waals surface area (Å²) >= 11 is 0. The van der Waals surface area contributed by atoms with Crippen molar-refractivity contribution in [2.45, 2.75) is 57.8 Å². The third-order valence-electron chi connectivity index (χ3n) is 5.33. The summed E-state index contributed by atoms with van der Waals surface area (Å²) in [4.78, 5) is 6.54. The molecule has 7 nitrogen and oxygen atoms in total. The van der Waals surface area contributed by atoms with Gasteiger partial charge in [0.05, 0.1) is 19.3 Å². The van der Waals surface area contributed by atoms with Gasteiger partial charge < -0.3 is 29.7 Å². The van der Waals surface area contributed by atoms with Crippen LogP contribution in [0.2, 0.25) is 0 Å². The number of para-hydroxylation sites is 1. The Labute approximate surface area is 182 Å². The van der Waals surface area contributed by atoms with Crippen molar-refractivity contribution in [3.63, 3.8) is 0 Å². The van der Waals surface area contributed by atoms with Gasteiger partial charge >= 0.3 is 0 Å². The summed E-state index contributed by atoms with van der Waals surface area (Å²) in [6.45, 7) is 5.05. The standard InChI is InChI=1S/C23H40N4O3/c1-6-29-20(14-15-27(3)4)17-26-23(24-2)25-16-18-10-9-13-21(28-5)22(18)30-19-11-7-8-12-19/h9-10,13,19-20H,6-8,11-12,14-17H2,1-5H3,(H2,24,25,26). The second kappa shape index (κ2) is 13.3. The first-order chi connectivity index (χ1) is 14.6. The largest absolute Gasteiger partial charge is 0.493 e. The molecule has 0 radical (unpaired) electrons. The van der Waals surface area contributed by atoms with E-state index in [9.17, 15) is 0 Å². The molecule has 1 aromatic carbocycles. The van der Waals surface area contributed by atoms with Crippen molar-refractivity contribution in [1.82, 2.24) is 15.5 Å². The Bertz CT molecular complexity index is 645. The fourth-order valence-electron chi connectivity index (χ4n) is 3.66. The van der Waals surface area contributed by atoms with E-state index < -0.39 is 0 Å². The molecule has 1 fully saturated rings. The highest BCUT2D eigenvalue weighted by atomic mass is 16.5. The van der Waals surface area contributed by atoms with E-state index in [0.717, 1.165) is 48.8 Å². The Morgan fingerprint density at radius 1 is 1.23 bits per heavy atom. The van der Waals surface area contributed by atoms with Crippen LogP contribution in [0.4, 0.5) is 0 Å². The van der Waals surface area contributed by atoms with Crippen LogP contribution in [0.3, 0.4) is 0 Å². The van der Waals surface area contributed by atoms with E-state index in [4.69, 9.17) is 14.2 Å². The van der Waals surface area contributed by atoms with Crippen LogP contribution in [-0.4, -0.2) is 71.0 Å². The van der Waals surface area contributed by atoms with Gasteiger partial charge in [0.25, 0.3) is 0 Å². The molecule has 30 heavy (non-hydrogen) atoms. The Morgan fingerprint density at radius 2 is 2.00 bits per heavy atom. The number of hydrogen-bond acceptors (Lipinski definition) is 5. The van der Waals surface area contributed by atoms with Crippen LogP contribution in [0, 0.1) is 0 Å². The maximum atomic E-state index is 6.33. The highest BCUT2D eigenvalue weighted by Gasteiger charge is 2.20. The normalized spacial score (nSPS) is 16.0. The first kappa shape index (κ1) is 24.3. The molecule has 0 heterocycles. The van der Waals surface area contributed by atoms with Crippen LogP contribution in [0.25, 0.3) is 0 Å². The first-order valence-electron chi connectivity index (χ1n) is 11.1. The number of nitrogens with zero attached hydrogens (tertiary/aromatic N) is 2. The van der Waals surface area contributed by atoms with Crippen molar-refractivity contribution in [3.8, 4) is 11.5 Å². The molecule has 0 spiro atoms. The van der Waals surface area contributed by atoms with Gasteiger partial charge in [-0.1, -0.05) is 12.1 Å². The average molecular weight is 421 g/mol. The van der Waals surface area contributed by atoms with Gasteiger partial charge in [-0.05, 0) is 59.2 Å². The lowest BCUT2D eigenvalue weighted by molar-refractivity contribution is 0.0548. The molecule has 0 aromatic heterocycles. The first-order valence-corrected chi connectivity index (χ1v) is 11.1. The Balaban J connectivity index is 1.95. The highest BCUT2D eigenvalue weighted by molar-refractivity contribution is 5.79. The molecule has 2 N–H and O–H groups in total. The summed E-state index contributed by atoms with van der Waals surface area (Å²) < 4.78 is 17.8. The molecule has 1 aliphatic carbocycles. The number of methoxy groups -OCH3 is 1.